The number of hydrogen-bond acceptors (Lipinski definition) is 3. The van der Waals surface area contributed by atoms with E-state index in [1.54, 1.807) is 7.05 Å². The van der Waals surface area contributed by atoms with Crippen molar-refractivity contribution >= 4 is 28.0 Å². The number of rotatable bonds is 3. The van der Waals surface area contributed by atoms with E-state index in [0.717, 1.165) is 29.9 Å². The summed E-state index contributed by atoms with van der Waals surface area (Å²) in [6, 6.07) is 8.26. The Morgan fingerprint density at radius 1 is 1.36 bits per heavy atom. The first-order valence-electron chi connectivity index (χ1n) is 8.46. The quantitative estimate of drug-likeness (QED) is 0.593. The van der Waals surface area contributed by atoms with E-state index >= 15 is 0 Å². The molecule has 0 aromatic heterocycles. The molecule has 25 heavy (non-hydrogen) atoms. The van der Waals surface area contributed by atoms with Crippen LogP contribution in [-0.4, -0.2) is 48.7 Å². The molecule has 1 saturated heterocycles. The van der Waals surface area contributed by atoms with Gasteiger partial charge in [0, 0.05) is 31.2 Å². The van der Waals surface area contributed by atoms with E-state index in [9.17, 15) is 4.79 Å². The zero-order valence-corrected chi connectivity index (χ0v) is 16.9. The number of guanidine groups is 1. The van der Waals surface area contributed by atoms with Crippen molar-refractivity contribution in [3.05, 3.63) is 34.3 Å². The van der Waals surface area contributed by atoms with Crippen molar-refractivity contribution in [2.45, 2.75) is 45.4 Å². The highest BCUT2D eigenvalue weighted by atomic mass is 79.9. The summed E-state index contributed by atoms with van der Waals surface area (Å²) in [5.41, 5.74) is 0.706. The zero-order valence-electron chi connectivity index (χ0n) is 15.3. The Morgan fingerprint density at radius 2 is 2.04 bits per heavy atom. The molecule has 1 unspecified atom stereocenters. The molecule has 1 heterocycles. The number of nitrogens with zero attached hydrogens (tertiary/aromatic N) is 2. The molecule has 0 bridgehead atoms. The Balaban J connectivity index is 1.82. The van der Waals surface area contributed by atoms with Crippen molar-refractivity contribution in [2.75, 3.05) is 20.1 Å². The Hall–Kier alpha value is -1.76. The smallest absolute Gasteiger partial charge is 0.407 e. The van der Waals surface area contributed by atoms with Gasteiger partial charge in [-0.15, -0.1) is 0 Å². The van der Waals surface area contributed by atoms with Crippen molar-refractivity contribution in [3.63, 3.8) is 0 Å². The second-order valence-corrected chi connectivity index (χ2v) is 8.02. The van der Waals surface area contributed by atoms with Gasteiger partial charge in [-0.25, -0.2) is 4.79 Å². The van der Waals surface area contributed by atoms with Crippen molar-refractivity contribution in [2.24, 2.45) is 4.99 Å². The maximum Gasteiger partial charge on any atom is 0.407 e. The van der Waals surface area contributed by atoms with E-state index in [1.807, 2.05) is 32.9 Å². The summed E-state index contributed by atoms with van der Waals surface area (Å²) in [6.45, 7) is 7.87. The summed E-state index contributed by atoms with van der Waals surface area (Å²) in [6.07, 6.45) is 0.509. The Bertz CT molecular complexity index is 610. The molecule has 6 nitrogen and oxygen atoms in total. The molecule has 1 atom stereocenters. The number of carbonyl (C=O) groups excluding carboxylic acids is 1. The van der Waals surface area contributed by atoms with Crippen molar-refractivity contribution < 1.29 is 9.53 Å². The van der Waals surface area contributed by atoms with Crippen molar-refractivity contribution in [1.29, 1.82) is 0 Å². The lowest BCUT2D eigenvalue weighted by molar-refractivity contribution is 0.0507. The average Bonchev–Trinajstić information content (AvgIpc) is 2.96. The predicted molar refractivity (Wildman–Crippen MR) is 104 cm³/mol. The van der Waals surface area contributed by atoms with E-state index in [4.69, 9.17) is 4.74 Å². The third-order valence-electron chi connectivity index (χ3n) is 3.78. The first-order valence-corrected chi connectivity index (χ1v) is 9.25. The molecule has 2 N–H and O–H groups in total. The van der Waals surface area contributed by atoms with Gasteiger partial charge in [0.1, 0.15) is 5.60 Å². The molecule has 1 aliphatic heterocycles. The van der Waals surface area contributed by atoms with Crippen LogP contribution in [0, 0.1) is 0 Å². The van der Waals surface area contributed by atoms with Gasteiger partial charge in [0.15, 0.2) is 5.96 Å². The number of halogens is 1. The number of amides is 1. The largest absolute Gasteiger partial charge is 0.444 e. The van der Waals surface area contributed by atoms with E-state index in [0.29, 0.717) is 6.54 Å². The molecule has 2 rings (SSSR count). The van der Waals surface area contributed by atoms with Gasteiger partial charge in [0.25, 0.3) is 0 Å². The minimum atomic E-state index is -0.482. The van der Waals surface area contributed by atoms with Crippen molar-refractivity contribution in [3.8, 4) is 0 Å². The standard InChI is InChI=1S/C18H27BrN4O2/c1-18(2,3)25-17(24)22-15-9-10-23(12-15)16(20-4)21-11-13-5-7-14(19)8-6-13/h5-8,15H,9-12H2,1-4H3,(H,20,21)(H,22,24). The molecule has 0 aliphatic carbocycles. The normalized spacial score (nSPS) is 18.2. The fourth-order valence-corrected chi connectivity index (χ4v) is 2.92. The van der Waals surface area contributed by atoms with Crippen LogP contribution in [0.3, 0.4) is 0 Å². The van der Waals surface area contributed by atoms with Crippen LogP contribution in [-0.2, 0) is 11.3 Å². The predicted octanol–water partition coefficient (Wildman–Crippen LogP) is 3.12. The average molecular weight is 411 g/mol. The Kier molecular flexibility index (Phi) is 6.70. The lowest BCUT2D eigenvalue weighted by atomic mass is 10.2. The summed E-state index contributed by atoms with van der Waals surface area (Å²) in [7, 11) is 1.78. The van der Waals surface area contributed by atoms with E-state index < -0.39 is 5.60 Å². The summed E-state index contributed by atoms with van der Waals surface area (Å²) in [5, 5.41) is 6.31. The summed E-state index contributed by atoms with van der Waals surface area (Å²) >= 11 is 3.44. The highest BCUT2D eigenvalue weighted by Gasteiger charge is 2.27. The molecule has 1 aliphatic rings. The molecular weight excluding hydrogens is 384 g/mol. The molecule has 1 aromatic carbocycles. The number of carbonyl (C=O) groups is 1. The Morgan fingerprint density at radius 3 is 2.64 bits per heavy atom. The first-order chi connectivity index (χ1) is 11.8. The van der Waals surface area contributed by atoms with Crippen LogP contribution < -0.4 is 10.6 Å². The minimum Gasteiger partial charge on any atom is -0.444 e. The SMILES string of the molecule is CN=C(NCc1ccc(Br)cc1)N1CCC(NC(=O)OC(C)(C)C)C1. The molecule has 1 aromatic rings. The van der Waals surface area contributed by atoms with Crippen LogP contribution in [0.4, 0.5) is 4.79 Å². The molecule has 7 heteroatoms. The van der Waals surface area contributed by atoms with Gasteiger partial charge >= 0.3 is 6.09 Å². The molecule has 138 valence electrons. The number of likely N-dealkylation sites (tertiary alicyclic amines) is 1. The highest BCUT2D eigenvalue weighted by Crippen LogP contribution is 2.13. The van der Waals surface area contributed by atoms with Crippen LogP contribution in [0.1, 0.15) is 32.8 Å². The number of aliphatic imine (C=N–C) groups is 1. The zero-order chi connectivity index (χ0) is 18.4. The van der Waals surface area contributed by atoms with Gasteiger partial charge in [-0.1, -0.05) is 28.1 Å². The summed E-state index contributed by atoms with van der Waals surface area (Å²) in [4.78, 5) is 18.4. The van der Waals surface area contributed by atoms with E-state index in [2.05, 4.69) is 48.6 Å². The fraction of sp³-hybridized carbons (Fsp3) is 0.556. The third-order valence-corrected chi connectivity index (χ3v) is 4.31. The fourth-order valence-electron chi connectivity index (χ4n) is 2.66. The summed E-state index contributed by atoms with van der Waals surface area (Å²) < 4.78 is 6.38. The topological polar surface area (TPSA) is 66.0 Å². The molecular formula is C18H27BrN4O2. The van der Waals surface area contributed by atoms with Crippen LogP contribution in [0.15, 0.2) is 33.7 Å². The summed E-state index contributed by atoms with van der Waals surface area (Å²) in [5.74, 6) is 0.844. The second kappa shape index (κ2) is 8.56. The minimum absolute atomic E-state index is 0.0704. The lowest BCUT2D eigenvalue weighted by Gasteiger charge is -2.23. The highest BCUT2D eigenvalue weighted by molar-refractivity contribution is 9.10. The monoisotopic (exact) mass is 410 g/mol. The molecule has 0 spiro atoms. The van der Waals surface area contributed by atoms with Gasteiger partial charge in [0.2, 0.25) is 0 Å². The van der Waals surface area contributed by atoms with E-state index in [1.165, 1.54) is 5.56 Å². The van der Waals surface area contributed by atoms with Gasteiger partial charge in [-0.2, -0.15) is 0 Å². The first kappa shape index (κ1) is 19.6. The van der Waals surface area contributed by atoms with Crippen LogP contribution >= 0.6 is 15.9 Å². The Labute approximate surface area is 158 Å². The van der Waals surface area contributed by atoms with Gasteiger partial charge in [-0.3, -0.25) is 4.99 Å². The number of ether oxygens (including phenoxy) is 1. The van der Waals surface area contributed by atoms with Gasteiger partial charge in [-0.05, 0) is 44.9 Å². The molecule has 0 saturated carbocycles. The number of nitrogens with one attached hydrogen (secondary N) is 2. The molecule has 1 amide bonds. The lowest BCUT2D eigenvalue weighted by Crippen LogP contribution is -2.44. The maximum atomic E-state index is 11.9. The number of benzene rings is 1. The van der Waals surface area contributed by atoms with Crippen LogP contribution in [0.25, 0.3) is 0 Å². The maximum absolute atomic E-state index is 11.9. The molecule has 0 radical (unpaired) electrons. The third kappa shape index (κ3) is 6.57. The number of alkyl carbamates (subject to hydrolysis) is 1. The second-order valence-electron chi connectivity index (χ2n) is 7.11. The van der Waals surface area contributed by atoms with Gasteiger partial charge in [0.05, 0.1) is 6.04 Å². The van der Waals surface area contributed by atoms with Crippen molar-refractivity contribution in [1.82, 2.24) is 15.5 Å². The van der Waals surface area contributed by atoms with Gasteiger partial charge < -0.3 is 20.3 Å². The number of hydrogen-bond donors (Lipinski definition) is 2. The van der Waals surface area contributed by atoms with Crippen LogP contribution in [0.2, 0.25) is 0 Å². The van der Waals surface area contributed by atoms with E-state index in [-0.39, 0.29) is 12.1 Å². The van der Waals surface area contributed by atoms with Crippen LogP contribution in [0.5, 0.6) is 0 Å². The molecule has 1 fully saturated rings.